The highest BCUT2D eigenvalue weighted by molar-refractivity contribution is 7.17. The van der Waals surface area contributed by atoms with Crippen molar-refractivity contribution in [1.29, 1.82) is 0 Å². The second kappa shape index (κ2) is 12.1. The van der Waals surface area contributed by atoms with Gasteiger partial charge < -0.3 is 21.3 Å². The zero-order valence-electron chi connectivity index (χ0n) is 19.9. The minimum absolute atomic E-state index is 0.290. The van der Waals surface area contributed by atoms with Crippen molar-refractivity contribution in [3.8, 4) is 0 Å². The number of halogens is 1. The number of nitrogens with zero attached hydrogens (tertiary/aromatic N) is 4. The van der Waals surface area contributed by atoms with Crippen molar-refractivity contribution in [2.75, 3.05) is 17.7 Å². The van der Waals surface area contributed by atoms with Gasteiger partial charge in [-0.2, -0.15) is 0 Å². The number of para-hydroxylation sites is 1. The number of amides is 1. The van der Waals surface area contributed by atoms with Gasteiger partial charge in [-0.25, -0.2) is 4.98 Å². The second-order valence-electron chi connectivity index (χ2n) is 7.56. The molecule has 2 aromatic heterocycles. The Morgan fingerprint density at radius 3 is 2.66 bits per heavy atom. The van der Waals surface area contributed by atoms with E-state index in [2.05, 4.69) is 47.8 Å². The molecule has 1 amide bonds. The summed E-state index contributed by atoms with van der Waals surface area (Å²) in [6.45, 7) is 10.1. The first-order valence-electron chi connectivity index (χ1n) is 10.7. The molecular formula is C24H27ClN8OS. The molecule has 0 bridgehead atoms. The molecule has 1 aromatic carbocycles. The lowest BCUT2D eigenvalue weighted by Gasteiger charge is -2.13. The standard InChI is InChI=1S/C24H27ClN8OS/c1-14-7-6-8-19(25)22(14)33-23(34)20-13-30-24(35-20)32-21(31-17(4)26-5)9-15(2)27-11-18-12-28-16(3)10-29-18/h6-10,12-13,27H,2,11H2,1,3-5H3,(H,26,31)(H,30,32)(H,33,34)/b21-9+. The maximum absolute atomic E-state index is 12.7. The number of amidine groups is 1. The minimum Gasteiger partial charge on any atom is -0.380 e. The van der Waals surface area contributed by atoms with Crippen molar-refractivity contribution in [3.05, 3.63) is 87.8 Å². The molecule has 2 heterocycles. The van der Waals surface area contributed by atoms with Crippen LogP contribution in [0.3, 0.4) is 0 Å². The van der Waals surface area contributed by atoms with E-state index >= 15 is 0 Å². The summed E-state index contributed by atoms with van der Waals surface area (Å²) in [5.41, 5.74) is 3.74. The number of anilines is 2. The van der Waals surface area contributed by atoms with Gasteiger partial charge in [0.2, 0.25) is 0 Å². The molecule has 182 valence electrons. The van der Waals surface area contributed by atoms with E-state index in [9.17, 15) is 4.79 Å². The largest absolute Gasteiger partial charge is 0.380 e. The number of aromatic nitrogens is 3. The topological polar surface area (TPSA) is 116 Å². The molecule has 35 heavy (non-hydrogen) atoms. The van der Waals surface area contributed by atoms with Gasteiger partial charge in [0.15, 0.2) is 5.13 Å². The van der Waals surface area contributed by atoms with Gasteiger partial charge in [-0.3, -0.25) is 19.8 Å². The number of hydrogen-bond acceptors (Lipinski definition) is 8. The molecule has 0 aliphatic heterocycles. The average Bonchev–Trinajstić information content (AvgIpc) is 3.29. The summed E-state index contributed by atoms with van der Waals surface area (Å²) in [4.78, 5) is 30.2. The molecule has 0 aliphatic carbocycles. The van der Waals surface area contributed by atoms with E-state index in [-0.39, 0.29) is 5.91 Å². The SMILES string of the molecule is C=C(/C=C(\NC(C)=NC)Nc1ncc(C(=O)Nc2c(C)cccc2Cl)s1)NCc1cnc(C)cn1. The van der Waals surface area contributed by atoms with Crippen LogP contribution in [0, 0.1) is 13.8 Å². The summed E-state index contributed by atoms with van der Waals surface area (Å²) < 4.78 is 0. The van der Waals surface area contributed by atoms with Gasteiger partial charge in [0.25, 0.3) is 5.91 Å². The summed E-state index contributed by atoms with van der Waals surface area (Å²) in [6, 6.07) is 5.45. The number of aliphatic imine (C=N–C) groups is 1. The van der Waals surface area contributed by atoms with Gasteiger partial charge in [0.05, 0.1) is 46.9 Å². The fraction of sp³-hybridized carbons (Fsp3) is 0.208. The average molecular weight is 511 g/mol. The van der Waals surface area contributed by atoms with E-state index in [1.54, 1.807) is 31.6 Å². The van der Waals surface area contributed by atoms with E-state index in [0.29, 0.717) is 44.6 Å². The van der Waals surface area contributed by atoms with Gasteiger partial charge in [-0.1, -0.05) is 41.6 Å². The lowest BCUT2D eigenvalue weighted by molar-refractivity contribution is 0.103. The van der Waals surface area contributed by atoms with Crippen LogP contribution in [-0.2, 0) is 6.54 Å². The Hall–Kier alpha value is -3.76. The van der Waals surface area contributed by atoms with E-state index in [1.807, 2.05) is 32.9 Å². The predicted molar refractivity (Wildman–Crippen MR) is 143 cm³/mol. The molecule has 0 unspecified atom stereocenters. The molecular weight excluding hydrogens is 484 g/mol. The summed E-state index contributed by atoms with van der Waals surface area (Å²) >= 11 is 7.44. The van der Waals surface area contributed by atoms with Crippen LogP contribution < -0.4 is 21.3 Å². The molecule has 9 nitrogen and oxygen atoms in total. The Labute approximate surface area is 213 Å². The monoisotopic (exact) mass is 510 g/mol. The zero-order chi connectivity index (χ0) is 25.4. The molecule has 11 heteroatoms. The molecule has 0 fully saturated rings. The number of carbonyl (C=O) groups is 1. The normalized spacial score (nSPS) is 11.7. The molecule has 0 saturated heterocycles. The van der Waals surface area contributed by atoms with Gasteiger partial charge in [-0.15, -0.1) is 0 Å². The molecule has 0 aliphatic rings. The van der Waals surface area contributed by atoms with Crippen LogP contribution in [0.15, 0.2) is 66.0 Å². The van der Waals surface area contributed by atoms with Crippen molar-refractivity contribution in [2.24, 2.45) is 4.99 Å². The van der Waals surface area contributed by atoms with Crippen LogP contribution in [0.4, 0.5) is 10.8 Å². The van der Waals surface area contributed by atoms with Crippen LogP contribution >= 0.6 is 22.9 Å². The van der Waals surface area contributed by atoms with Crippen LogP contribution in [-0.4, -0.2) is 33.7 Å². The van der Waals surface area contributed by atoms with Gasteiger partial charge >= 0.3 is 0 Å². The second-order valence-corrected chi connectivity index (χ2v) is 9.00. The van der Waals surface area contributed by atoms with Crippen LogP contribution in [0.5, 0.6) is 0 Å². The maximum atomic E-state index is 12.7. The van der Waals surface area contributed by atoms with E-state index in [1.165, 1.54) is 17.5 Å². The third-order valence-corrected chi connectivity index (χ3v) is 5.96. The van der Waals surface area contributed by atoms with Gasteiger partial charge in [-0.05, 0) is 32.4 Å². The van der Waals surface area contributed by atoms with Crippen LogP contribution in [0.2, 0.25) is 5.02 Å². The molecule has 0 radical (unpaired) electrons. The van der Waals surface area contributed by atoms with Crippen molar-refractivity contribution < 1.29 is 4.79 Å². The predicted octanol–water partition coefficient (Wildman–Crippen LogP) is 4.65. The van der Waals surface area contributed by atoms with E-state index < -0.39 is 0 Å². The van der Waals surface area contributed by atoms with E-state index in [4.69, 9.17) is 11.6 Å². The molecule has 0 saturated carbocycles. The van der Waals surface area contributed by atoms with Crippen molar-refractivity contribution in [1.82, 2.24) is 25.6 Å². The molecule has 4 N–H and O–H groups in total. The molecule has 0 atom stereocenters. The number of nitrogens with one attached hydrogen (secondary N) is 4. The highest BCUT2D eigenvalue weighted by Gasteiger charge is 2.14. The first-order chi connectivity index (χ1) is 16.7. The smallest absolute Gasteiger partial charge is 0.267 e. The lowest BCUT2D eigenvalue weighted by Crippen LogP contribution is -2.25. The van der Waals surface area contributed by atoms with Crippen LogP contribution in [0.25, 0.3) is 0 Å². The quantitative estimate of drug-likeness (QED) is 0.188. The molecule has 3 rings (SSSR count). The number of hydrogen-bond donors (Lipinski definition) is 4. The van der Waals surface area contributed by atoms with E-state index in [0.717, 1.165) is 17.0 Å². The zero-order valence-corrected chi connectivity index (χ0v) is 21.5. The number of thiazole rings is 1. The number of aryl methyl sites for hydroxylation is 2. The lowest BCUT2D eigenvalue weighted by atomic mass is 10.2. The highest BCUT2D eigenvalue weighted by atomic mass is 35.5. The number of rotatable bonds is 9. The molecule has 0 spiro atoms. The van der Waals surface area contributed by atoms with Gasteiger partial charge in [0.1, 0.15) is 10.7 Å². The first-order valence-corrected chi connectivity index (χ1v) is 11.9. The Kier molecular flexibility index (Phi) is 8.93. The fourth-order valence-corrected chi connectivity index (χ4v) is 3.80. The Morgan fingerprint density at radius 1 is 1.17 bits per heavy atom. The van der Waals surface area contributed by atoms with Crippen molar-refractivity contribution in [2.45, 2.75) is 27.3 Å². The number of carbonyl (C=O) groups excluding carboxylic acids is 1. The Bertz CT molecular complexity index is 1250. The molecule has 3 aromatic rings. The van der Waals surface area contributed by atoms with Crippen molar-refractivity contribution in [3.63, 3.8) is 0 Å². The highest BCUT2D eigenvalue weighted by Crippen LogP contribution is 2.27. The Balaban J connectivity index is 1.69. The summed E-state index contributed by atoms with van der Waals surface area (Å²) in [6.07, 6.45) is 6.73. The van der Waals surface area contributed by atoms with Gasteiger partial charge in [0, 0.05) is 25.0 Å². The first kappa shape index (κ1) is 25.9. The minimum atomic E-state index is -0.290. The number of benzene rings is 1. The summed E-state index contributed by atoms with van der Waals surface area (Å²) in [7, 11) is 1.69. The summed E-state index contributed by atoms with van der Waals surface area (Å²) in [5, 5.41) is 13.4. The third-order valence-electron chi connectivity index (χ3n) is 4.73. The summed E-state index contributed by atoms with van der Waals surface area (Å²) in [5.74, 6) is 0.982. The fourth-order valence-electron chi connectivity index (χ4n) is 2.81. The third kappa shape index (κ3) is 7.62. The van der Waals surface area contributed by atoms with Crippen molar-refractivity contribution >= 4 is 45.5 Å². The maximum Gasteiger partial charge on any atom is 0.267 e. The van der Waals surface area contributed by atoms with Crippen LogP contribution in [0.1, 0.15) is 33.5 Å². The Morgan fingerprint density at radius 2 is 1.97 bits per heavy atom. The number of allylic oxidation sites excluding steroid dienone is 1.